The van der Waals surface area contributed by atoms with Gasteiger partial charge in [0.25, 0.3) is 5.56 Å². The minimum atomic E-state index is -0.0964. The van der Waals surface area contributed by atoms with Crippen LogP contribution in [-0.4, -0.2) is 14.5 Å². The third-order valence-electron chi connectivity index (χ3n) is 2.76. The molecular weight excluding hydrogens is 214 g/mol. The topological polar surface area (TPSA) is 47.8 Å². The summed E-state index contributed by atoms with van der Waals surface area (Å²) in [4.78, 5) is 20.5. The fourth-order valence-corrected chi connectivity index (χ4v) is 1.85. The Morgan fingerprint density at radius 2 is 1.88 bits per heavy atom. The molecule has 0 spiro atoms. The van der Waals surface area contributed by atoms with Gasteiger partial charge in [0.05, 0.1) is 6.20 Å². The highest BCUT2D eigenvalue weighted by Crippen LogP contribution is 2.17. The van der Waals surface area contributed by atoms with Gasteiger partial charge in [-0.25, -0.2) is 9.97 Å². The molecular formula is C13H17N3O. The fourth-order valence-electron chi connectivity index (χ4n) is 1.85. The van der Waals surface area contributed by atoms with Crippen molar-refractivity contribution in [3.63, 3.8) is 0 Å². The van der Waals surface area contributed by atoms with E-state index in [0.717, 1.165) is 11.2 Å². The van der Waals surface area contributed by atoms with E-state index in [4.69, 9.17) is 0 Å². The molecule has 0 aliphatic heterocycles. The Morgan fingerprint density at radius 3 is 2.47 bits per heavy atom. The smallest absolute Gasteiger partial charge is 0.270 e. The molecule has 0 saturated carbocycles. The molecule has 4 heteroatoms. The van der Waals surface area contributed by atoms with Crippen molar-refractivity contribution in [1.29, 1.82) is 0 Å². The van der Waals surface area contributed by atoms with Crippen LogP contribution in [0.2, 0.25) is 0 Å². The van der Waals surface area contributed by atoms with Crippen molar-refractivity contribution in [1.82, 2.24) is 14.5 Å². The van der Waals surface area contributed by atoms with Crippen LogP contribution in [0.15, 0.2) is 23.1 Å². The molecule has 0 amide bonds. The van der Waals surface area contributed by atoms with Crippen molar-refractivity contribution in [2.24, 2.45) is 0 Å². The van der Waals surface area contributed by atoms with Gasteiger partial charge in [-0.1, -0.05) is 13.8 Å². The van der Waals surface area contributed by atoms with Gasteiger partial charge in [-0.05, 0) is 31.9 Å². The lowest BCUT2D eigenvalue weighted by molar-refractivity contribution is 0.590. The fraction of sp³-hybridized carbons (Fsp3) is 0.462. The number of hydrogen-bond donors (Lipinski definition) is 0. The second-order valence-electron chi connectivity index (χ2n) is 4.79. The zero-order valence-corrected chi connectivity index (χ0v) is 10.6. The van der Waals surface area contributed by atoms with Gasteiger partial charge in [0.2, 0.25) is 0 Å². The predicted octanol–water partition coefficient (Wildman–Crippen LogP) is 2.50. The van der Waals surface area contributed by atoms with E-state index in [1.54, 1.807) is 4.57 Å². The quantitative estimate of drug-likeness (QED) is 0.797. The Bertz CT molecular complexity index is 599. The molecule has 0 aliphatic carbocycles. The summed E-state index contributed by atoms with van der Waals surface area (Å²) < 4.78 is 1.69. The molecule has 2 rings (SSSR count). The molecule has 0 aliphatic rings. The molecule has 0 N–H and O–H groups in total. The second kappa shape index (κ2) is 4.28. The lowest BCUT2D eigenvalue weighted by atomic mass is 10.1. The van der Waals surface area contributed by atoms with Crippen molar-refractivity contribution in [2.75, 3.05) is 0 Å². The molecule has 90 valence electrons. The average molecular weight is 231 g/mol. The molecule has 2 aromatic rings. The standard InChI is InChI=1S/C13H17N3O/c1-8(2)10-5-6-11-13(15-10)16(9(3)4)12(17)7-14-11/h5-9H,1-4H3. The van der Waals surface area contributed by atoms with E-state index in [0.29, 0.717) is 11.6 Å². The van der Waals surface area contributed by atoms with E-state index < -0.39 is 0 Å². The van der Waals surface area contributed by atoms with Crippen LogP contribution in [0.25, 0.3) is 11.2 Å². The lowest BCUT2D eigenvalue weighted by Gasteiger charge is -2.13. The van der Waals surface area contributed by atoms with Crippen LogP contribution in [-0.2, 0) is 0 Å². The number of rotatable bonds is 2. The maximum atomic E-state index is 11.8. The SMILES string of the molecule is CC(C)c1ccc2ncc(=O)n(C(C)C)c2n1. The van der Waals surface area contributed by atoms with Crippen molar-refractivity contribution in [3.05, 3.63) is 34.4 Å². The summed E-state index contributed by atoms with van der Waals surface area (Å²) in [7, 11) is 0. The van der Waals surface area contributed by atoms with E-state index in [1.807, 2.05) is 26.0 Å². The molecule has 0 atom stereocenters. The van der Waals surface area contributed by atoms with Crippen molar-refractivity contribution < 1.29 is 0 Å². The summed E-state index contributed by atoms with van der Waals surface area (Å²) in [5.74, 6) is 0.343. The van der Waals surface area contributed by atoms with E-state index in [1.165, 1.54) is 6.20 Å². The first-order chi connectivity index (χ1) is 8.00. The van der Waals surface area contributed by atoms with E-state index >= 15 is 0 Å². The van der Waals surface area contributed by atoms with Crippen LogP contribution in [0.3, 0.4) is 0 Å². The first kappa shape index (κ1) is 11.8. The minimum absolute atomic E-state index is 0.0860. The highest BCUT2D eigenvalue weighted by Gasteiger charge is 2.10. The second-order valence-corrected chi connectivity index (χ2v) is 4.79. The third-order valence-corrected chi connectivity index (χ3v) is 2.76. The van der Waals surface area contributed by atoms with Gasteiger partial charge >= 0.3 is 0 Å². The van der Waals surface area contributed by atoms with Crippen LogP contribution < -0.4 is 5.56 Å². The van der Waals surface area contributed by atoms with Gasteiger partial charge in [-0.3, -0.25) is 9.36 Å². The third kappa shape index (κ3) is 2.07. The summed E-state index contributed by atoms with van der Waals surface area (Å²) in [5.41, 5.74) is 2.33. The first-order valence-corrected chi connectivity index (χ1v) is 5.89. The summed E-state index contributed by atoms with van der Waals surface area (Å²) >= 11 is 0. The largest absolute Gasteiger partial charge is 0.288 e. The number of aromatic nitrogens is 3. The normalized spacial score (nSPS) is 11.6. The van der Waals surface area contributed by atoms with Gasteiger partial charge in [-0.2, -0.15) is 0 Å². The molecule has 4 nitrogen and oxygen atoms in total. The minimum Gasteiger partial charge on any atom is -0.288 e. The van der Waals surface area contributed by atoms with Gasteiger partial charge in [0, 0.05) is 11.7 Å². The van der Waals surface area contributed by atoms with Crippen molar-refractivity contribution in [3.8, 4) is 0 Å². The van der Waals surface area contributed by atoms with Crippen molar-refractivity contribution >= 4 is 11.2 Å². The van der Waals surface area contributed by atoms with Gasteiger partial charge in [-0.15, -0.1) is 0 Å². The summed E-state index contributed by atoms with van der Waals surface area (Å²) in [6, 6.07) is 3.98. The highest BCUT2D eigenvalue weighted by atomic mass is 16.1. The predicted molar refractivity (Wildman–Crippen MR) is 68.3 cm³/mol. The molecule has 0 bridgehead atoms. The number of hydrogen-bond acceptors (Lipinski definition) is 3. The Morgan fingerprint density at radius 1 is 1.18 bits per heavy atom. The number of pyridine rings is 1. The van der Waals surface area contributed by atoms with Crippen LogP contribution >= 0.6 is 0 Å². The molecule has 0 aromatic carbocycles. The van der Waals surface area contributed by atoms with E-state index in [9.17, 15) is 4.79 Å². The monoisotopic (exact) mass is 231 g/mol. The maximum Gasteiger partial charge on any atom is 0.270 e. The Labute approximate surface area is 100 Å². The number of fused-ring (bicyclic) bond motifs is 1. The van der Waals surface area contributed by atoms with E-state index in [-0.39, 0.29) is 11.6 Å². The number of nitrogens with zero attached hydrogens (tertiary/aromatic N) is 3. The molecule has 2 heterocycles. The van der Waals surface area contributed by atoms with Crippen molar-refractivity contribution in [2.45, 2.75) is 39.7 Å². The summed E-state index contributed by atoms with van der Waals surface area (Å²) in [5, 5.41) is 0. The van der Waals surface area contributed by atoms with Crippen LogP contribution in [0.1, 0.15) is 45.3 Å². The molecule has 2 aromatic heterocycles. The Balaban J connectivity index is 2.81. The molecule has 0 saturated heterocycles. The first-order valence-electron chi connectivity index (χ1n) is 5.89. The van der Waals surface area contributed by atoms with Gasteiger partial charge < -0.3 is 0 Å². The van der Waals surface area contributed by atoms with Gasteiger partial charge in [0.1, 0.15) is 5.52 Å². The average Bonchev–Trinajstić information content (AvgIpc) is 2.27. The maximum absolute atomic E-state index is 11.8. The zero-order chi connectivity index (χ0) is 12.6. The van der Waals surface area contributed by atoms with E-state index in [2.05, 4.69) is 23.8 Å². The van der Waals surface area contributed by atoms with Crippen LogP contribution in [0.4, 0.5) is 0 Å². The van der Waals surface area contributed by atoms with Crippen LogP contribution in [0, 0.1) is 0 Å². The summed E-state index contributed by atoms with van der Waals surface area (Å²) in [6.07, 6.45) is 1.36. The molecule has 0 radical (unpaired) electrons. The molecule has 17 heavy (non-hydrogen) atoms. The highest BCUT2D eigenvalue weighted by molar-refractivity contribution is 5.70. The Hall–Kier alpha value is -1.71. The lowest BCUT2D eigenvalue weighted by Crippen LogP contribution is -2.23. The summed E-state index contributed by atoms with van der Waals surface area (Å²) in [6.45, 7) is 8.12. The van der Waals surface area contributed by atoms with Gasteiger partial charge in [0.15, 0.2) is 5.65 Å². The molecule has 0 unspecified atom stereocenters. The zero-order valence-electron chi connectivity index (χ0n) is 10.6. The molecule has 0 fully saturated rings. The Kier molecular flexibility index (Phi) is 2.96. The van der Waals surface area contributed by atoms with Crippen LogP contribution in [0.5, 0.6) is 0 Å².